The maximum absolute atomic E-state index is 13.5. The smallest absolute Gasteiger partial charge is 0.351 e. The second kappa shape index (κ2) is 10.6. The molecule has 142 valence electrons. The van der Waals surface area contributed by atoms with Crippen LogP contribution >= 0.6 is 7.60 Å². The first-order valence-corrected chi connectivity index (χ1v) is 10.5. The largest absolute Gasteiger partial charge is 0.383 e. The maximum Gasteiger partial charge on any atom is 0.351 e. The average Bonchev–Trinajstić information content (AvgIpc) is 2.67. The molecule has 0 saturated heterocycles. The molecule has 0 fully saturated rings. The molecule has 0 amide bonds. The van der Waals surface area contributed by atoms with Gasteiger partial charge in [0.15, 0.2) is 0 Å². The van der Waals surface area contributed by atoms with Crippen molar-refractivity contribution in [2.45, 2.75) is 25.7 Å². The fourth-order valence-corrected chi connectivity index (χ4v) is 4.83. The minimum Gasteiger partial charge on any atom is -0.383 e. The number of ether oxygens (including phenoxy) is 1. The zero-order chi connectivity index (χ0) is 18.8. The topological polar surface area (TPSA) is 56.8 Å². The molecule has 6 heteroatoms. The zero-order valence-electron chi connectivity index (χ0n) is 15.6. The number of hydrogen-bond donors (Lipinski definition) is 1. The predicted molar refractivity (Wildman–Crippen MR) is 104 cm³/mol. The average molecular weight is 377 g/mol. The summed E-state index contributed by atoms with van der Waals surface area (Å²) in [5.41, 5.74) is 1.91. The highest BCUT2D eigenvalue weighted by molar-refractivity contribution is 7.54. The summed E-state index contributed by atoms with van der Waals surface area (Å²) in [6, 6.07) is 19.4. The number of rotatable bonds is 11. The first-order valence-electron chi connectivity index (χ1n) is 8.88. The fourth-order valence-electron chi connectivity index (χ4n) is 2.83. The highest BCUT2D eigenvalue weighted by atomic mass is 31.2. The van der Waals surface area contributed by atoms with Gasteiger partial charge in [-0.25, -0.2) is 0 Å². The van der Waals surface area contributed by atoms with Crippen LogP contribution in [0.4, 0.5) is 0 Å². The molecule has 0 aliphatic heterocycles. The maximum atomic E-state index is 13.5. The van der Waals surface area contributed by atoms with Crippen molar-refractivity contribution in [3.8, 4) is 0 Å². The van der Waals surface area contributed by atoms with Crippen LogP contribution in [0.2, 0.25) is 0 Å². The van der Waals surface area contributed by atoms with E-state index in [1.54, 1.807) is 7.11 Å². The summed E-state index contributed by atoms with van der Waals surface area (Å²) in [4.78, 5) is 0. The van der Waals surface area contributed by atoms with E-state index in [2.05, 4.69) is 5.32 Å². The van der Waals surface area contributed by atoms with Gasteiger partial charge in [-0.1, -0.05) is 60.7 Å². The summed E-state index contributed by atoms with van der Waals surface area (Å²) in [7, 11) is -1.76. The fraction of sp³-hybridized carbons (Fsp3) is 0.400. The standard InChI is InChI=1S/C20H28NO4P/c1-4-24-26(22,25-5-2)20(18-14-10-7-11-15-18)21-19(16-23-3)17-12-8-6-9-13-17/h6-15,19-21H,4-5,16H2,1-3H3/t19-,20?/m0/s1. The zero-order valence-corrected chi connectivity index (χ0v) is 16.5. The molecule has 1 N–H and O–H groups in total. The molecule has 0 aliphatic carbocycles. The van der Waals surface area contributed by atoms with Crippen molar-refractivity contribution >= 4 is 7.60 Å². The molecule has 1 unspecified atom stereocenters. The number of methoxy groups -OCH3 is 1. The molecule has 0 aromatic heterocycles. The van der Waals surface area contributed by atoms with Gasteiger partial charge in [0.1, 0.15) is 5.78 Å². The van der Waals surface area contributed by atoms with Gasteiger partial charge in [0, 0.05) is 7.11 Å². The Morgan fingerprint density at radius 1 is 0.885 bits per heavy atom. The van der Waals surface area contributed by atoms with Crippen LogP contribution in [0.15, 0.2) is 60.7 Å². The third-order valence-electron chi connectivity index (χ3n) is 3.94. The molecular formula is C20H28NO4P. The van der Waals surface area contributed by atoms with Crippen LogP contribution < -0.4 is 5.32 Å². The normalized spacial score (nSPS) is 14.1. The van der Waals surface area contributed by atoms with Gasteiger partial charge in [0.2, 0.25) is 0 Å². The lowest BCUT2D eigenvalue weighted by atomic mass is 10.1. The van der Waals surface area contributed by atoms with Crippen LogP contribution in [0.1, 0.15) is 36.8 Å². The summed E-state index contributed by atoms with van der Waals surface area (Å²) in [6.45, 7) is 4.69. The summed E-state index contributed by atoms with van der Waals surface area (Å²) < 4.78 is 30.2. The molecule has 0 spiro atoms. The summed E-state index contributed by atoms with van der Waals surface area (Å²) in [6.07, 6.45) is 0. The van der Waals surface area contributed by atoms with Gasteiger partial charge in [-0.05, 0) is 25.0 Å². The van der Waals surface area contributed by atoms with E-state index in [9.17, 15) is 4.57 Å². The highest BCUT2D eigenvalue weighted by Crippen LogP contribution is 2.60. The first-order chi connectivity index (χ1) is 12.6. The molecule has 2 rings (SSSR count). The molecular weight excluding hydrogens is 349 g/mol. The second-order valence-corrected chi connectivity index (χ2v) is 7.89. The molecule has 0 aliphatic rings. The Morgan fingerprint density at radius 3 is 1.85 bits per heavy atom. The molecule has 2 atom stereocenters. The SMILES string of the molecule is CCOP(=O)(OCC)C(N[C@@H](COC)c1ccccc1)c1ccccc1. The van der Waals surface area contributed by atoms with Gasteiger partial charge < -0.3 is 13.8 Å². The van der Waals surface area contributed by atoms with Gasteiger partial charge >= 0.3 is 7.60 Å². The van der Waals surface area contributed by atoms with Crippen LogP contribution in [0, 0.1) is 0 Å². The quantitative estimate of drug-likeness (QED) is 0.563. The van der Waals surface area contributed by atoms with Gasteiger partial charge in [0.25, 0.3) is 0 Å². The lowest BCUT2D eigenvalue weighted by molar-refractivity contribution is 0.157. The molecule has 5 nitrogen and oxygen atoms in total. The van der Waals surface area contributed by atoms with E-state index >= 15 is 0 Å². The predicted octanol–water partition coefficient (Wildman–Crippen LogP) is 4.93. The van der Waals surface area contributed by atoms with Crippen LogP contribution in [0.25, 0.3) is 0 Å². The van der Waals surface area contributed by atoms with Crippen molar-refractivity contribution in [3.63, 3.8) is 0 Å². The van der Waals surface area contributed by atoms with Gasteiger partial charge in [-0.2, -0.15) is 0 Å². The Morgan fingerprint density at radius 2 is 1.38 bits per heavy atom. The third-order valence-corrected chi connectivity index (χ3v) is 6.26. The summed E-state index contributed by atoms with van der Waals surface area (Å²) in [5.74, 6) is -0.594. The number of benzene rings is 2. The second-order valence-electron chi connectivity index (χ2n) is 5.77. The summed E-state index contributed by atoms with van der Waals surface area (Å²) >= 11 is 0. The molecule has 0 radical (unpaired) electrons. The van der Waals surface area contributed by atoms with Crippen LogP contribution in [0.5, 0.6) is 0 Å². The van der Waals surface area contributed by atoms with E-state index in [1.807, 2.05) is 74.5 Å². The Labute approximate surface area is 156 Å². The molecule has 0 saturated carbocycles. The molecule has 26 heavy (non-hydrogen) atoms. The molecule has 0 heterocycles. The van der Waals surface area contributed by atoms with Crippen molar-refractivity contribution in [2.75, 3.05) is 26.9 Å². The summed E-state index contributed by atoms with van der Waals surface area (Å²) in [5, 5.41) is 3.46. The first kappa shape index (κ1) is 20.8. The Bertz CT molecular complexity index is 671. The van der Waals surface area contributed by atoms with E-state index in [4.69, 9.17) is 13.8 Å². The van der Waals surface area contributed by atoms with E-state index in [0.29, 0.717) is 19.8 Å². The van der Waals surface area contributed by atoms with Crippen molar-refractivity contribution in [3.05, 3.63) is 71.8 Å². The van der Waals surface area contributed by atoms with Crippen molar-refractivity contribution in [1.29, 1.82) is 0 Å². The highest BCUT2D eigenvalue weighted by Gasteiger charge is 2.38. The lowest BCUT2D eigenvalue weighted by Gasteiger charge is -2.31. The van der Waals surface area contributed by atoms with Gasteiger partial charge in [-0.3, -0.25) is 9.88 Å². The van der Waals surface area contributed by atoms with E-state index in [-0.39, 0.29) is 6.04 Å². The van der Waals surface area contributed by atoms with E-state index in [1.165, 1.54) is 0 Å². The Kier molecular flexibility index (Phi) is 8.49. The van der Waals surface area contributed by atoms with Crippen molar-refractivity contribution in [1.82, 2.24) is 5.32 Å². The Hall–Kier alpha value is -1.49. The lowest BCUT2D eigenvalue weighted by Crippen LogP contribution is -2.30. The van der Waals surface area contributed by atoms with Crippen molar-refractivity contribution < 1.29 is 18.3 Å². The van der Waals surface area contributed by atoms with Crippen LogP contribution in [0.3, 0.4) is 0 Å². The molecule has 2 aromatic rings. The van der Waals surface area contributed by atoms with E-state index in [0.717, 1.165) is 11.1 Å². The molecule has 2 aromatic carbocycles. The van der Waals surface area contributed by atoms with Gasteiger partial charge in [-0.15, -0.1) is 0 Å². The molecule has 0 bridgehead atoms. The number of hydrogen-bond acceptors (Lipinski definition) is 5. The number of nitrogens with one attached hydrogen (secondary N) is 1. The van der Waals surface area contributed by atoms with Crippen LogP contribution in [-0.2, 0) is 18.3 Å². The third kappa shape index (κ3) is 5.50. The minimum atomic E-state index is -3.42. The minimum absolute atomic E-state index is 0.152. The van der Waals surface area contributed by atoms with Crippen LogP contribution in [-0.4, -0.2) is 26.9 Å². The van der Waals surface area contributed by atoms with Gasteiger partial charge in [0.05, 0.1) is 25.9 Å². The van der Waals surface area contributed by atoms with Crippen molar-refractivity contribution in [2.24, 2.45) is 0 Å². The monoisotopic (exact) mass is 377 g/mol. The Balaban J connectivity index is 2.40. The van der Waals surface area contributed by atoms with E-state index < -0.39 is 13.4 Å².